The molecule has 3 unspecified atom stereocenters. The van der Waals surface area contributed by atoms with E-state index in [9.17, 15) is 27.6 Å². The van der Waals surface area contributed by atoms with Gasteiger partial charge in [-0.15, -0.1) is 0 Å². The number of carbonyl (C=O) groups excluding carboxylic acids is 2. The minimum Gasteiger partial charge on any atom is -0.481 e. The van der Waals surface area contributed by atoms with Crippen molar-refractivity contribution in [3.05, 3.63) is 69.2 Å². The second-order valence-corrected chi connectivity index (χ2v) is 10.7. The van der Waals surface area contributed by atoms with Crippen LogP contribution >= 0.6 is 23.2 Å². The van der Waals surface area contributed by atoms with Crippen molar-refractivity contribution in [2.24, 2.45) is 10.9 Å². The lowest BCUT2D eigenvalue weighted by atomic mass is 9.79. The van der Waals surface area contributed by atoms with E-state index in [1.165, 1.54) is 35.2 Å². The van der Waals surface area contributed by atoms with Crippen LogP contribution in [-0.4, -0.2) is 51.9 Å². The zero-order chi connectivity index (χ0) is 28.5. The smallest absolute Gasteiger partial charge is 0.391 e. The fourth-order valence-corrected chi connectivity index (χ4v) is 5.83. The van der Waals surface area contributed by atoms with E-state index in [1.54, 1.807) is 19.1 Å². The quantitative estimate of drug-likeness (QED) is 0.415. The van der Waals surface area contributed by atoms with Gasteiger partial charge in [-0.25, -0.2) is 0 Å². The lowest BCUT2D eigenvalue weighted by molar-refractivity contribution is -0.194. The Bertz CT molecular complexity index is 1300. The highest BCUT2D eigenvalue weighted by Gasteiger charge is 2.56. The number of amides is 2. The summed E-state index contributed by atoms with van der Waals surface area (Å²) in [6.45, 7) is 1.67. The number of rotatable bonds is 7. The van der Waals surface area contributed by atoms with Gasteiger partial charge in [-0.3, -0.25) is 19.4 Å². The largest absolute Gasteiger partial charge is 0.481 e. The molecule has 1 aliphatic carbocycles. The summed E-state index contributed by atoms with van der Waals surface area (Å²) in [5.41, 5.74) is -0.206. The fraction of sp³-hybridized carbons (Fsp3) is 0.407. The van der Waals surface area contributed by atoms with E-state index in [4.69, 9.17) is 28.3 Å². The van der Waals surface area contributed by atoms with Crippen molar-refractivity contribution in [3.63, 3.8) is 0 Å². The molecule has 1 fully saturated rings. The Hall–Kier alpha value is -3.11. The summed E-state index contributed by atoms with van der Waals surface area (Å²) in [4.78, 5) is 42.9. The summed E-state index contributed by atoms with van der Waals surface area (Å²) in [6.07, 6.45) is -4.56. The van der Waals surface area contributed by atoms with Crippen LogP contribution in [0.5, 0.6) is 0 Å². The van der Waals surface area contributed by atoms with E-state index in [0.717, 1.165) is 0 Å². The second-order valence-electron chi connectivity index (χ2n) is 9.81. The van der Waals surface area contributed by atoms with Crippen molar-refractivity contribution < 1.29 is 32.7 Å². The number of hydrogen-bond donors (Lipinski definition) is 2. The van der Waals surface area contributed by atoms with Crippen LogP contribution in [0.15, 0.2) is 47.5 Å². The summed E-state index contributed by atoms with van der Waals surface area (Å²) in [6, 6.07) is 10.1. The molecule has 1 heterocycles. The molecule has 0 radical (unpaired) electrons. The number of carbonyl (C=O) groups is 3. The number of alkyl halides is 3. The van der Waals surface area contributed by atoms with Gasteiger partial charge in [-0.2, -0.15) is 13.2 Å². The number of carboxylic acid groups (broad SMARTS) is 1. The number of aliphatic carboxylic acids is 1. The van der Waals surface area contributed by atoms with Crippen molar-refractivity contribution in [2.75, 3.05) is 6.54 Å². The van der Waals surface area contributed by atoms with Gasteiger partial charge in [0.1, 0.15) is 11.4 Å². The highest BCUT2D eigenvalue weighted by Crippen LogP contribution is 2.49. The van der Waals surface area contributed by atoms with Crippen molar-refractivity contribution in [1.82, 2.24) is 10.2 Å². The zero-order valence-electron chi connectivity index (χ0n) is 20.9. The number of benzene rings is 2. The highest BCUT2D eigenvalue weighted by molar-refractivity contribution is 6.47. The third-order valence-electron chi connectivity index (χ3n) is 7.16. The molecule has 4 rings (SSSR count). The van der Waals surface area contributed by atoms with E-state index in [2.05, 4.69) is 10.3 Å². The number of hydrogen-bond acceptors (Lipinski definition) is 4. The van der Waals surface area contributed by atoms with Gasteiger partial charge in [0, 0.05) is 34.1 Å². The minimum atomic E-state index is -4.43. The summed E-state index contributed by atoms with van der Waals surface area (Å²) >= 11 is 12.3. The first kappa shape index (κ1) is 28.9. The van der Waals surface area contributed by atoms with Crippen LogP contribution in [0.25, 0.3) is 0 Å². The maximum Gasteiger partial charge on any atom is 0.391 e. The van der Waals surface area contributed by atoms with Gasteiger partial charge in [0.05, 0.1) is 18.4 Å². The van der Waals surface area contributed by atoms with Crippen molar-refractivity contribution in [3.8, 4) is 0 Å². The normalized spacial score (nSPS) is 22.1. The Morgan fingerprint density at radius 1 is 1.18 bits per heavy atom. The first-order valence-corrected chi connectivity index (χ1v) is 13.1. The minimum absolute atomic E-state index is 0.00324. The van der Waals surface area contributed by atoms with Crippen LogP contribution < -0.4 is 5.32 Å². The van der Waals surface area contributed by atoms with E-state index in [1.807, 2.05) is 0 Å². The molecule has 2 aromatic carbocycles. The van der Waals surface area contributed by atoms with E-state index in [0.29, 0.717) is 11.1 Å². The molecular formula is C27H26Cl2F3N3O4. The van der Waals surface area contributed by atoms with Crippen LogP contribution in [0.3, 0.4) is 0 Å². The lowest BCUT2D eigenvalue weighted by Crippen LogP contribution is -2.52. The molecule has 1 aliphatic heterocycles. The van der Waals surface area contributed by atoms with Crippen LogP contribution in [0, 0.1) is 5.92 Å². The Labute approximate surface area is 233 Å². The van der Waals surface area contributed by atoms with Crippen LogP contribution in [0.4, 0.5) is 13.2 Å². The lowest BCUT2D eigenvalue weighted by Gasteiger charge is -2.45. The van der Waals surface area contributed by atoms with Gasteiger partial charge in [-0.1, -0.05) is 35.3 Å². The molecule has 12 heteroatoms. The zero-order valence-corrected chi connectivity index (χ0v) is 22.4. The van der Waals surface area contributed by atoms with Gasteiger partial charge in [0.25, 0.3) is 11.8 Å². The van der Waals surface area contributed by atoms with Gasteiger partial charge < -0.3 is 15.3 Å². The molecule has 39 heavy (non-hydrogen) atoms. The Kier molecular flexibility index (Phi) is 8.28. The van der Waals surface area contributed by atoms with Crippen LogP contribution in [-0.2, 0) is 9.59 Å². The van der Waals surface area contributed by atoms with Crippen LogP contribution in [0.2, 0.25) is 10.0 Å². The summed E-state index contributed by atoms with van der Waals surface area (Å²) in [5, 5.41) is 11.8. The maximum absolute atomic E-state index is 13.8. The standard InChI is InChI=1S/C27H26Cl2F3N3O4/c1-15(16-4-6-17(7-5-16)24(38)33-10-8-22(36)37)35-25(39)23(18-11-20(28)13-21(29)12-18)34-26(35)9-2-3-19(14-26)27(30,31)32/h4-7,11-13,15,19H,2-3,8-10,14H2,1H3,(H,33,38)(H,36,37). The Morgan fingerprint density at radius 3 is 2.41 bits per heavy atom. The first-order valence-electron chi connectivity index (χ1n) is 12.4. The molecule has 1 saturated carbocycles. The average Bonchev–Trinajstić information content (AvgIpc) is 3.13. The molecular weight excluding hydrogens is 558 g/mol. The molecule has 3 atom stereocenters. The third kappa shape index (κ3) is 6.22. The van der Waals surface area contributed by atoms with Crippen LogP contribution in [0.1, 0.15) is 66.6 Å². The summed E-state index contributed by atoms with van der Waals surface area (Å²) in [7, 11) is 0. The summed E-state index contributed by atoms with van der Waals surface area (Å²) < 4.78 is 41.5. The number of carboxylic acids is 1. The van der Waals surface area contributed by atoms with E-state index in [-0.39, 0.29) is 60.0 Å². The predicted molar refractivity (Wildman–Crippen MR) is 140 cm³/mol. The maximum atomic E-state index is 13.8. The van der Waals surface area contributed by atoms with Crippen molar-refractivity contribution in [2.45, 2.75) is 56.9 Å². The Balaban J connectivity index is 1.67. The molecule has 208 valence electrons. The van der Waals surface area contributed by atoms with E-state index >= 15 is 0 Å². The van der Waals surface area contributed by atoms with Gasteiger partial charge >= 0.3 is 12.1 Å². The Morgan fingerprint density at radius 2 is 1.82 bits per heavy atom. The highest BCUT2D eigenvalue weighted by atomic mass is 35.5. The number of nitrogens with zero attached hydrogens (tertiary/aromatic N) is 2. The number of nitrogens with one attached hydrogen (secondary N) is 1. The van der Waals surface area contributed by atoms with E-state index < -0.39 is 41.6 Å². The molecule has 0 aromatic heterocycles. The molecule has 7 nitrogen and oxygen atoms in total. The van der Waals surface area contributed by atoms with Gasteiger partial charge in [0.2, 0.25) is 0 Å². The molecule has 2 amide bonds. The SMILES string of the molecule is CC(c1ccc(C(=O)NCCC(=O)O)cc1)N1C(=O)C(c2cc(Cl)cc(Cl)c2)=NC12CCCC(C(F)(F)F)C2. The molecule has 2 aliphatic rings. The van der Waals surface area contributed by atoms with Gasteiger partial charge in [0.15, 0.2) is 0 Å². The molecule has 0 bridgehead atoms. The number of halogens is 5. The van der Waals surface area contributed by atoms with Crippen molar-refractivity contribution in [1.29, 1.82) is 0 Å². The van der Waals surface area contributed by atoms with Gasteiger partial charge in [-0.05, 0) is 62.1 Å². The number of aliphatic imine (C=N–C) groups is 1. The average molecular weight is 584 g/mol. The second kappa shape index (κ2) is 11.2. The first-order chi connectivity index (χ1) is 18.3. The van der Waals surface area contributed by atoms with Crippen molar-refractivity contribution >= 4 is 46.7 Å². The topological polar surface area (TPSA) is 99.1 Å². The monoisotopic (exact) mass is 583 g/mol. The summed E-state index contributed by atoms with van der Waals surface area (Å²) in [5.74, 6) is -3.65. The predicted octanol–water partition coefficient (Wildman–Crippen LogP) is 6.04. The third-order valence-corrected chi connectivity index (χ3v) is 7.60. The molecule has 2 aromatic rings. The molecule has 0 saturated heterocycles. The molecule has 1 spiro atoms. The fourth-order valence-electron chi connectivity index (χ4n) is 5.30. The molecule has 2 N–H and O–H groups in total.